The summed E-state index contributed by atoms with van der Waals surface area (Å²) < 4.78 is 2.82. The summed E-state index contributed by atoms with van der Waals surface area (Å²) in [6.07, 6.45) is 3.00. The van der Waals surface area contributed by atoms with E-state index >= 15 is 0 Å². The molecular weight excluding hydrogens is 241 g/mol. The van der Waals surface area contributed by atoms with Gasteiger partial charge in [0.05, 0.1) is 29.6 Å². The zero-order chi connectivity index (χ0) is 12.7. The quantitative estimate of drug-likeness (QED) is 0.440. The smallest absolute Gasteiger partial charge is 0.548 e. The van der Waals surface area contributed by atoms with Gasteiger partial charge in [-0.25, -0.2) is 4.98 Å². The molecule has 0 amide bonds. The molecule has 2 aromatic heterocycles. The number of benzene rings is 1. The number of carboxylic acids is 1. The third-order valence-corrected chi connectivity index (χ3v) is 2.82. The second-order valence-corrected chi connectivity index (χ2v) is 3.90. The number of hydrogen-bond acceptors (Lipinski definition) is 4. The Bertz CT molecular complexity index is 822. The van der Waals surface area contributed by atoms with E-state index in [9.17, 15) is 14.7 Å². The van der Waals surface area contributed by atoms with Gasteiger partial charge in [0.15, 0.2) is 0 Å². The van der Waals surface area contributed by atoms with Crippen LogP contribution in [0.3, 0.4) is 0 Å². The topological polar surface area (TPSA) is 79.4 Å². The summed E-state index contributed by atoms with van der Waals surface area (Å²) in [4.78, 5) is 26.9. The van der Waals surface area contributed by atoms with Crippen molar-refractivity contribution in [3.05, 3.63) is 47.1 Å². The second kappa shape index (κ2) is 4.92. The van der Waals surface area contributed by atoms with E-state index in [1.54, 1.807) is 28.9 Å². The molecule has 7 heteroatoms. The Balaban J connectivity index is 0.00000133. The molecule has 0 fully saturated rings. The van der Waals surface area contributed by atoms with Gasteiger partial charge >= 0.3 is 18.9 Å². The van der Waals surface area contributed by atoms with Crippen molar-refractivity contribution in [2.45, 2.75) is 6.54 Å². The van der Waals surface area contributed by atoms with Gasteiger partial charge in [-0.2, -0.15) is 0 Å². The summed E-state index contributed by atoms with van der Waals surface area (Å²) in [5.41, 5.74) is 0.773. The van der Waals surface area contributed by atoms with Crippen molar-refractivity contribution in [2.75, 3.05) is 0 Å². The Kier molecular flexibility index (Phi) is 3.47. The molecule has 6 nitrogen and oxygen atoms in total. The number of hydrogen-bond donors (Lipinski definition) is 0. The van der Waals surface area contributed by atoms with Crippen LogP contribution in [0.15, 0.2) is 41.6 Å². The van der Waals surface area contributed by atoms with Crippen LogP contribution in [-0.2, 0) is 11.3 Å². The van der Waals surface area contributed by atoms with E-state index in [4.69, 9.17) is 0 Å². The average Bonchev–Trinajstić information content (AvgIpc) is 2.83. The van der Waals surface area contributed by atoms with E-state index in [-0.39, 0.29) is 24.4 Å². The summed E-state index contributed by atoms with van der Waals surface area (Å²) in [5, 5.41) is 11.2. The molecule has 0 saturated heterocycles. The van der Waals surface area contributed by atoms with Crippen LogP contribution in [-0.4, -0.2) is 19.9 Å². The molecule has 0 radical (unpaired) electrons. The van der Waals surface area contributed by atoms with Crippen molar-refractivity contribution in [3.63, 3.8) is 0 Å². The van der Waals surface area contributed by atoms with Crippen molar-refractivity contribution in [2.24, 2.45) is 0 Å². The van der Waals surface area contributed by atoms with Crippen LogP contribution < -0.4 is 29.5 Å². The standard InChI is InChI=1S/C12H9N3O3.Li/c16-11(17)6-14-10-5-13-7-15(10)9-4-2-1-3-8(9)12(14)18;/h1-5,7H,6H2,(H,16,17);/q;+1/p-1. The first-order valence-corrected chi connectivity index (χ1v) is 5.32. The fourth-order valence-corrected chi connectivity index (χ4v) is 2.07. The van der Waals surface area contributed by atoms with Gasteiger partial charge in [0.25, 0.3) is 5.56 Å². The van der Waals surface area contributed by atoms with Crippen molar-refractivity contribution >= 4 is 22.5 Å². The summed E-state index contributed by atoms with van der Waals surface area (Å²) in [7, 11) is 0. The third-order valence-electron chi connectivity index (χ3n) is 2.82. The molecule has 0 N–H and O–H groups in total. The number of carbonyl (C=O) groups excluding carboxylic acids is 1. The summed E-state index contributed by atoms with van der Waals surface area (Å²) >= 11 is 0. The average molecular weight is 249 g/mol. The molecule has 0 aliphatic heterocycles. The Morgan fingerprint density at radius 3 is 2.79 bits per heavy atom. The molecule has 1 aromatic carbocycles. The van der Waals surface area contributed by atoms with E-state index in [1.165, 1.54) is 6.20 Å². The maximum absolute atomic E-state index is 12.2. The number of nitrogens with zero attached hydrogens (tertiary/aromatic N) is 3. The molecule has 2 heterocycles. The number of fused-ring (bicyclic) bond motifs is 3. The minimum Gasteiger partial charge on any atom is -0.548 e. The molecule has 90 valence electrons. The van der Waals surface area contributed by atoms with E-state index in [0.29, 0.717) is 16.6 Å². The fourth-order valence-electron chi connectivity index (χ4n) is 2.07. The zero-order valence-corrected chi connectivity index (χ0v) is 10.2. The number of carboxylic acid groups (broad SMARTS) is 1. The number of imidazole rings is 1. The number of aliphatic carboxylic acids is 1. The van der Waals surface area contributed by atoms with Crippen molar-refractivity contribution in [3.8, 4) is 0 Å². The first-order valence-electron chi connectivity index (χ1n) is 5.32. The Labute approximate surface area is 119 Å². The van der Waals surface area contributed by atoms with Gasteiger partial charge in [-0.05, 0) is 12.1 Å². The largest absolute Gasteiger partial charge is 1.00 e. The molecule has 0 spiro atoms. The van der Waals surface area contributed by atoms with Gasteiger partial charge in [0.1, 0.15) is 12.0 Å². The molecule has 0 atom stereocenters. The van der Waals surface area contributed by atoms with Crippen LogP contribution in [0.2, 0.25) is 0 Å². The second-order valence-electron chi connectivity index (χ2n) is 3.90. The van der Waals surface area contributed by atoms with Crippen LogP contribution in [0, 0.1) is 0 Å². The maximum atomic E-state index is 12.2. The summed E-state index contributed by atoms with van der Waals surface area (Å²) in [6.45, 7) is -0.487. The number of para-hydroxylation sites is 1. The Morgan fingerprint density at radius 1 is 1.32 bits per heavy atom. The van der Waals surface area contributed by atoms with Crippen LogP contribution in [0.4, 0.5) is 0 Å². The Hall–Kier alpha value is -2.03. The minimum absolute atomic E-state index is 0. The first-order chi connectivity index (χ1) is 8.68. The predicted octanol–water partition coefficient (Wildman–Crippen LogP) is -3.60. The number of rotatable bonds is 2. The van der Waals surface area contributed by atoms with Gasteiger partial charge < -0.3 is 9.90 Å². The molecule has 19 heavy (non-hydrogen) atoms. The molecule has 3 aromatic rings. The molecule has 0 saturated carbocycles. The molecule has 0 aliphatic carbocycles. The molecule has 3 rings (SSSR count). The van der Waals surface area contributed by atoms with Crippen LogP contribution in [0.25, 0.3) is 16.6 Å². The van der Waals surface area contributed by atoms with Crippen molar-refractivity contribution in [1.29, 1.82) is 0 Å². The van der Waals surface area contributed by atoms with Gasteiger partial charge in [0, 0.05) is 0 Å². The number of carbonyl (C=O) groups is 1. The third kappa shape index (κ3) is 2.05. The predicted molar refractivity (Wildman–Crippen MR) is 62.0 cm³/mol. The van der Waals surface area contributed by atoms with Crippen molar-refractivity contribution < 1.29 is 28.8 Å². The van der Waals surface area contributed by atoms with Gasteiger partial charge in [-0.3, -0.25) is 13.8 Å². The monoisotopic (exact) mass is 249 g/mol. The van der Waals surface area contributed by atoms with Crippen LogP contribution in [0.1, 0.15) is 0 Å². The van der Waals surface area contributed by atoms with E-state index < -0.39 is 12.5 Å². The van der Waals surface area contributed by atoms with E-state index in [1.807, 2.05) is 6.07 Å². The maximum Gasteiger partial charge on any atom is 1.00 e. The summed E-state index contributed by atoms with van der Waals surface area (Å²) in [6, 6.07) is 6.98. The van der Waals surface area contributed by atoms with E-state index in [2.05, 4.69) is 4.98 Å². The van der Waals surface area contributed by atoms with Gasteiger partial charge in [0.2, 0.25) is 0 Å². The normalized spacial score (nSPS) is 10.5. The van der Waals surface area contributed by atoms with Crippen molar-refractivity contribution in [1.82, 2.24) is 14.0 Å². The van der Waals surface area contributed by atoms with Crippen LogP contribution >= 0.6 is 0 Å². The van der Waals surface area contributed by atoms with Crippen LogP contribution in [0.5, 0.6) is 0 Å². The summed E-state index contributed by atoms with van der Waals surface area (Å²) in [5.74, 6) is -1.31. The molecule has 0 unspecified atom stereocenters. The molecule has 0 bridgehead atoms. The SMILES string of the molecule is O=C([O-])Cn1c(=O)c2ccccc2n2cncc12.[Li+]. The fraction of sp³-hybridized carbons (Fsp3) is 0.0833. The number of aromatic nitrogens is 3. The minimum atomic E-state index is -1.31. The molecular formula is C12H8LiN3O3. The van der Waals surface area contributed by atoms with E-state index in [0.717, 1.165) is 4.57 Å². The Morgan fingerprint density at radius 2 is 2.05 bits per heavy atom. The van der Waals surface area contributed by atoms with Gasteiger partial charge in [-0.15, -0.1) is 0 Å². The van der Waals surface area contributed by atoms with Gasteiger partial charge in [-0.1, -0.05) is 12.1 Å². The zero-order valence-electron chi connectivity index (χ0n) is 10.2. The first kappa shape index (κ1) is 13.4. The molecule has 0 aliphatic rings.